The number of phenolic OH excluding ortho intramolecular Hbond substituents is 2. The number of nitrogens with zero attached hydrogens (tertiary/aromatic N) is 3. The van der Waals surface area contributed by atoms with Gasteiger partial charge in [-0.1, -0.05) is 23.8 Å². The first-order chi connectivity index (χ1) is 11.0. The van der Waals surface area contributed by atoms with E-state index in [9.17, 15) is 10.2 Å². The van der Waals surface area contributed by atoms with Crippen LogP contribution in [0.15, 0.2) is 47.6 Å². The van der Waals surface area contributed by atoms with Crippen LogP contribution in [0.2, 0.25) is 0 Å². The van der Waals surface area contributed by atoms with Crippen molar-refractivity contribution in [2.24, 2.45) is 5.10 Å². The molecule has 0 aliphatic carbocycles. The van der Waals surface area contributed by atoms with Crippen LogP contribution in [0.4, 0.5) is 0 Å². The maximum absolute atomic E-state index is 9.80. The van der Waals surface area contributed by atoms with Gasteiger partial charge in [0.1, 0.15) is 11.5 Å². The number of aromatic nitrogens is 3. The van der Waals surface area contributed by atoms with Crippen molar-refractivity contribution in [3.8, 4) is 22.9 Å². The lowest BCUT2D eigenvalue weighted by atomic mass is 10.1. The second-order valence-electron chi connectivity index (χ2n) is 5.02. The highest BCUT2D eigenvalue weighted by Gasteiger charge is 2.08. The van der Waals surface area contributed by atoms with Crippen molar-refractivity contribution in [1.82, 2.24) is 14.9 Å². The van der Waals surface area contributed by atoms with Gasteiger partial charge in [-0.15, -0.1) is 0 Å². The Hall–Kier alpha value is -2.93. The molecule has 3 aromatic rings. The van der Waals surface area contributed by atoms with Gasteiger partial charge in [0, 0.05) is 17.2 Å². The largest absolute Gasteiger partial charge is 0.508 e. The Labute approximate surface area is 137 Å². The van der Waals surface area contributed by atoms with Crippen molar-refractivity contribution in [2.45, 2.75) is 6.92 Å². The molecule has 0 saturated carbocycles. The van der Waals surface area contributed by atoms with Crippen LogP contribution < -0.4 is 0 Å². The molecule has 0 aliphatic heterocycles. The number of H-pyrrole nitrogens is 1. The van der Waals surface area contributed by atoms with E-state index in [2.05, 4.69) is 15.3 Å². The monoisotopic (exact) mass is 326 g/mol. The molecule has 23 heavy (non-hydrogen) atoms. The summed E-state index contributed by atoms with van der Waals surface area (Å²) in [6.07, 6.45) is 1.46. The van der Waals surface area contributed by atoms with Crippen LogP contribution in [0.1, 0.15) is 11.1 Å². The van der Waals surface area contributed by atoms with Crippen molar-refractivity contribution < 1.29 is 10.2 Å². The van der Waals surface area contributed by atoms with Crippen LogP contribution >= 0.6 is 12.2 Å². The first kappa shape index (κ1) is 15.0. The standard InChI is InChI=1S/C16H14N4O2S/c1-10-3-2-4-11(7-10)15-18-19-16(23)20(15)17-9-12-5-6-13(21)8-14(12)22/h2-9,21-22H,1H3,(H,19,23)/b17-9-. The minimum absolute atomic E-state index is 0.0139. The van der Waals surface area contributed by atoms with Crippen molar-refractivity contribution in [3.63, 3.8) is 0 Å². The summed E-state index contributed by atoms with van der Waals surface area (Å²) in [7, 11) is 0. The summed E-state index contributed by atoms with van der Waals surface area (Å²) >= 11 is 5.20. The Bertz CT molecular complexity index is 943. The van der Waals surface area contributed by atoms with E-state index in [1.807, 2.05) is 31.2 Å². The third-order valence-electron chi connectivity index (χ3n) is 3.25. The molecule has 7 heteroatoms. The highest BCUT2D eigenvalue weighted by molar-refractivity contribution is 7.71. The SMILES string of the molecule is Cc1cccc(-c2n[nH]c(=S)n2/N=C\c2ccc(O)cc2O)c1. The summed E-state index contributed by atoms with van der Waals surface area (Å²) in [5.41, 5.74) is 2.44. The molecule has 6 nitrogen and oxygen atoms in total. The smallest absolute Gasteiger partial charge is 0.216 e. The Morgan fingerprint density at radius 2 is 2.04 bits per heavy atom. The maximum Gasteiger partial charge on any atom is 0.216 e. The van der Waals surface area contributed by atoms with Crippen LogP contribution in [0.3, 0.4) is 0 Å². The molecule has 0 atom stereocenters. The van der Waals surface area contributed by atoms with E-state index < -0.39 is 0 Å². The quantitative estimate of drug-likeness (QED) is 0.509. The van der Waals surface area contributed by atoms with Crippen molar-refractivity contribution in [2.75, 3.05) is 0 Å². The van der Waals surface area contributed by atoms with Gasteiger partial charge >= 0.3 is 0 Å². The Morgan fingerprint density at radius 3 is 2.78 bits per heavy atom. The summed E-state index contributed by atoms with van der Waals surface area (Å²) in [5.74, 6) is 0.495. The molecule has 0 radical (unpaired) electrons. The van der Waals surface area contributed by atoms with E-state index in [4.69, 9.17) is 12.2 Å². The summed E-state index contributed by atoms with van der Waals surface area (Å²) in [6, 6.07) is 12.1. The molecule has 0 fully saturated rings. The third-order valence-corrected chi connectivity index (χ3v) is 3.52. The molecule has 3 N–H and O–H groups in total. The number of phenols is 2. The van der Waals surface area contributed by atoms with Crippen LogP contribution in [-0.2, 0) is 0 Å². The van der Waals surface area contributed by atoms with E-state index in [0.717, 1.165) is 11.1 Å². The number of hydrogen-bond acceptors (Lipinski definition) is 5. The van der Waals surface area contributed by atoms with Gasteiger partial charge in [0.15, 0.2) is 5.82 Å². The molecule has 0 unspecified atom stereocenters. The number of aromatic amines is 1. The normalized spacial score (nSPS) is 11.2. The van der Waals surface area contributed by atoms with Gasteiger partial charge in [0.25, 0.3) is 0 Å². The first-order valence-corrected chi connectivity index (χ1v) is 7.26. The van der Waals surface area contributed by atoms with Gasteiger partial charge in [0.05, 0.1) is 6.21 Å². The lowest BCUT2D eigenvalue weighted by Gasteiger charge is -2.03. The Kier molecular flexibility index (Phi) is 3.94. The van der Waals surface area contributed by atoms with Crippen molar-refractivity contribution in [3.05, 3.63) is 58.4 Å². The number of benzene rings is 2. The molecule has 0 amide bonds. The third kappa shape index (κ3) is 3.14. The minimum Gasteiger partial charge on any atom is -0.508 e. The predicted octanol–water partition coefficient (Wildman–Crippen LogP) is 3.21. The zero-order valence-corrected chi connectivity index (χ0v) is 13.1. The molecular formula is C16H14N4O2S. The van der Waals surface area contributed by atoms with E-state index in [0.29, 0.717) is 16.2 Å². The van der Waals surface area contributed by atoms with Gasteiger partial charge in [-0.25, -0.2) is 5.10 Å². The lowest BCUT2D eigenvalue weighted by molar-refractivity contribution is 0.450. The summed E-state index contributed by atoms with van der Waals surface area (Å²) in [4.78, 5) is 0. The molecule has 3 rings (SSSR count). The van der Waals surface area contributed by atoms with Crippen molar-refractivity contribution >= 4 is 18.4 Å². The highest BCUT2D eigenvalue weighted by atomic mass is 32.1. The van der Waals surface area contributed by atoms with Gasteiger partial charge in [0.2, 0.25) is 4.77 Å². The molecule has 0 saturated heterocycles. The summed E-state index contributed by atoms with van der Waals surface area (Å²) in [5, 5.41) is 30.3. The molecule has 0 aliphatic rings. The second kappa shape index (κ2) is 6.05. The van der Waals surface area contributed by atoms with Gasteiger partial charge in [-0.3, -0.25) is 0 Å². The lowest BCUT2D eigenvalue weighted by Crippen LogP contribution is -1.95. The van der Waals surface area contributed by atoms with E-state index >= 15 is 0 Å². The van der Waals surface area contributed by atoms with Crippen molar-refractivity contribution in [1.29, 1.82) is 0 Å². The van der Waals surface area contributed by atoms with Crippen LogP contribution in [0, 0.1) is 11.7 Å². The fourth-order valence-electron chi connectivity index (χ4n) is 2.13. The Morgan fingerprint density at radius 1 is 1.22 bits per heavy atom. The fourth-order valence-corrected chi connectivity index (χ4v) is 2.31. The molecular weight excluding hydrogens is 312 g/mol. The molecule has 0 spiro atoms. The fraction of sp³-hybridized carbons (Fsp3) is 0.0625. The van der Waals surface area contributed by atoms with E-state index in [1.165, 1.54) is 23.0 Å². The number of nitrogens with one attached hydrogen (secondary N) is 1. The van der Waals surface area contributed by atoms with Crippen LogP contribution in [0.5, 0.6) is 11.5 Å². The number of rotatable bonds is 3. The summed E-state index contributed by atoms with van der Waals surface area (Å²) < 4.78 is 1.83. The van der Waals surface area contributed by atoms with Gasteiger partial charge in [-0.2, -0.15) is 14.9 Å². The first-order valence-electron chi connectivity index (χ1n) is 6.85. The van der Waals surface area contributed by atoms with Crippen LogP contribution in [0.25, 0.3) is 11.4 Å². The number of aryl methyl sites for hydroxylation is 1. The molecule has 116 valence electrons. The average molecular weight is 326 g/mol. The molecule has 1 heterocycles. The second-order valence-corrected chi connectivity index (χ2v) is 5.41. The van der Waals surface area contributed by atoms with Crippen LogP contribution in [-0.4, -0.2) is 31.3 Å². The number of aromatic hydroxyl groups is 2. The molecule has 0 bridgehead atoms. The zero-order chi connectivity index (χ0) is 16.4. The zero-order valence-electron chi connectivity index (χ0n) is 12.3. The number of hydrogen-bond donors (Lipinski definition) is 3. The van der Waals surface area contributed by atoms with E-state index in [1.54, 1.807) is 6.07 Å². The topological polar surface area (TPSA) is 86.4 Å². The van der Waals surface area contributed by atoms with Gasteiger partial charge in [-0.05, 0) is 37.3 Å². The predicted molar refractivity (Wildman–Crippen MR) is 90.3 cm³/mol. The molecule has 1 aromatic heterocycles. The highest BCUT2D eigenvalue weighted by Crippen LogP contribution is 2.22. The maximum atomic E-state index is 9.80. The summed E-state index contributed by atoms with van der Waals surface area (Å²) in [6.45, 7) is 1.99. The average Bonchev–Trinajstić information content (AvgIpc) is 2.87. The van der Waals surface area contributed by atoms with E-state index in [-0.39, 0.29) is 11.5 Å². The molecule has 2 aromatic carbocycles. The van der Waals surface area contributed by atoms with Gasteiger partial charge < -0.3 is 10.2 Å². The minimum atomic E-state index is -0.0686. The Balaban J connectivity index is 2.02.